The Morgan fingerprint density at radius 3 is 1.95 bits per heavy atom. The van der Waals surface area contributed by atoms with Gasteiger partial charge in [-0.05, 0) is 31.3 Å². The number of aliphatic carboxylic acids is 3. The number of carboxylic acids is 3. The number of nitrogens with two attached hydrogens (primary N) is 1. The smallest absolute Gasteiger partial charge is 0.326 e. The third-order valence-electron chi connectivity index (χ3n) is 5.12. The zero-order chi connectivity index (χ0) is 28.0. The monoisotopic (exact) mass is 544 g/mol. The maximum absolute atomic E-state index is 13.0. The summed E-state index contributed by atoms with van der Waals surface area (Å²) in [5, 5.41) is 34.4. The molecule has 0 spiro atoms. The van der Waals surface area contributed by atoms with E-state index in [9.17, 15) is 33.9 Å². The minimum Gasteiger partial charge on any atom is -0.481 e. The van der Waals surface area contributed by atoms with E-state index in [0.717, 1.165) is 0 Å². The van der Waals surface area contributed by atoms with Crippen LogP contribution in [0.15, 0.2) is 12.5 Å². The number of carboxylic acid groups (broad SMARTS) is 3. The van der Waals surface area contributed by atoms with Crippen molar-refractivity contribution >= 4 is 47.4 Å². The van der Waals surface area contributed by atoms with Crippen LogP contribution in [0, 0.1) is 0 Å². The first-order chi connectivity index (χ1) is 17.4. The highest BCUT2D eigenvalue weighted by Crippen LogP contribution is 2.07. The summed E-state index contributed by atoms with van der Waals surface area (Å²) >= 11 is 1.38. The van der Waals surface area contributed by atoms with Crippen molar-refractivity contribution in [1.29, 1.82) is 0 Å². The topological polar surface area (TPSA) is 254 Å². The fourth-order valence-corrected chi connectivity index (χ4v) is 3.56. The largest absolute Gasteiger partial charge is 0.481 e. The van der Waals surface area contributed by atoms with E-state index < -0.39 is 66.2 Å². The molecule has 0 saturated carbocycles. The van der Waals surface area contributed by atoms with Gasteiger partial charge in [0.1, 0.15) is 18.1 Å². The zero-order valence-corrected chi connectivity index (χ0v) is 21.0. The van der Waals surface area contributed by atoms with E-state index >= 15 is 0 Å². The van der Waals surface area contributed by atoms with Gasteiger partial charge in [0, 0.05) is 31.2 Å². The highest BCUT2D eigenvalue weighted by atomic mass is 32.2. The number of carbonyl (C=O) groups is 6. The van der Waals surface area contributed by atoms with Crippen molar-refractivity contribution < 1.29 is 44.1 Å². The van der Waals surface area contributed by atoms with Gasteiger partial charge in [-0.25, -0.2) is 9.78 Å². The molecule has 1 aromatic rings. The van der Waals surface area contributed by atoms with Gasteiger partial charge in [0.2, 0.25) is 17.7 Å². The Bertz CT molecular complexity index is 943. The molecule has 0 aliphatic heterocycles. The Labute approximate surface area is 216 Å². The molecule has 1 heterocycles. The van der Waals surface area contributed by atoms with Crippen LogP contribution in [0.5, 0.6) is 0 Å². The number of thioether (sulfide) groups is 1. The maximum atomic E-state index is 13.0. The highest BCUT2D eigenvalue weighted by Gasteiger charge is 2.30. The van der Waals surface area contributed by atoms with Crippen molar-refractivity contribution in [3.63, 3.8) is 0 Å². The molecule has 0 saturated heterocycles. The van der Waals surface area contributed by atoms with E-state index in [4.69, 9.17) is 15.9 Å². The van der Waals surface area contributed by atoms with E-state index in [0.29, 0.717) is 11.4 Å². The number of nitrogens with zero attached hydrogens (tertiary/aromatic N) is 1. The second kappa shape index (κ2) is 16.2. The van der Waals surface area contributed by atoms with Gasteiger partial charge in [0.05, 0.1) is 12.4 Å². The molecular formula is C21H32N6O9S. The molecule has 3 amide bonds. The predicted octanol–water partition coefficient (Wildman–Crippen LogP) is -1.70. The number of hydrogen-bond acceptors (Lipinski definition) is 9. The van der Waals surface area contributed by atoms with Crippen molar-refractivity contribution in [3.05, 3.63) is 18.2 Å². The van der Waals surface area contributed by atoms with Crippen molar-refractivity contribution in [2.45, 2.75) is 62.7 Å². The number of amides is 3. The molecule has 4 atom stereocenters. The molecule has 0 aliphatic carbocycles. The van der Waals surface area contributed by atoms with E-state index in [1.807, 2.05) is 0 Å². The molecule has 4 unspecified atom stereocenters. The molecule has 0 bridgehead atoms. The summed E-state index contributed by atoms with van der Waals surface area (Å²) in [7, 11) is 0. The van der Waals surface area contributed by atoms with Gasteiger partial charge < -0.3 is 42.0 Å². The molecular weight excluding hydrogens is 512 g/mol. The second-order valence-electron chi connectivity index (χ2n) is 8.06. The third kappa shape index (κ3) is 12.2. The number of rotatable bonds is 18. The first kappa shape index (κ1) is 31.4. The maximum Gasteiger partial charge on any atom is 0.326 e. The second-order valence-corrected chi connectivity index (χ2v) is 9.04. The van der Waals surface area contributed by atoms with Gasteiger partial charge in [0.15, 0.2) is 0 Å². The van der Waals surface area contributed by atoms with Crippen molar-refractivity contribution in [3.8, 4) is 0 Å². The minimum absolute atomic E-state index is 0.0875. The average Bonchev–Trinajstić information content (AvgIpc) is 3.34. The lowest BCUT2D eigenvalue weighted by Gasteiger charge is -2.25. The SMILES string of the molecule is CSCCC(NC(=O)C(CCC(=O)O)NC(=O)C(N)CCC(=O)O)C(=O)NC(Cc1cnc[nH]1)C(=O)O. The van der Waals surface area contributed by atoms with Crippen LogP contribution in [0.4, 0.5) is 0 Å². The van der Waals surface area contributed by atoms with Gasteiger partial charge in [-0.15, -0.1) is 0 Å². The van der Waals surface area contributed by atoms with E-state index in [1.165, 1.54) is 24.3 Å². The van der Waals surface area contributed by atoms with Crippen LogP contribution in [0.3, 0.4) is 0 Å². The molecule has 206 valence electrons. The Balaban J connectivity index is 2.96. The van der Waals surface area contributed by atoms with Crippen LogP contribution in [0.1, 0.15) is 37.8 Å². The highest BCUT2D eigenvalue weighted by molar-refractivity contribution is 7.98. The molecule has 0 aromatic carbocycles. The number of imidazole rings is 1. The van der Waals surface area contributed by atoms with Gasteiger partial charge in [-0.1, -0.05) is 0 Å². The third-order valence-corrected chi connectivity index (χ3v) is 5.77. The summed E-state index contributed by atoms with van der Waals surface area (Å²) in [5.74, 6) is -5.80. The van der Waals surface area contributed by atoms with Crippen LogP contribution in [0.2, 0.25) is 0 Å². The standard InChI is InChI=1S/C21H32N6O9S/c1-37-7-6-14(20(34)27-15(21(35)36)8-11-9-23-10-24-11)26-19(33)13(3-5-17(30)31)25-18(32)12(22)2-4-16(28)29/h9-10,12-15H,2-8,22H2,1H3,(H,23,24)(H,25,32)(H,26,33)(H,27,34)(H,28,29)(H,30,31)(H,35,36). The Hall–Kier alpha value is -3.66. The van der Waals surface area contributed by atoms with Crippen LogP contribution in [-0.4, -0.2) is 97.1 Å². The molecule has 0 radical (unpaired) electrons. The molecule has 1 rings (SSSR count). The zero-order valence-electron chi connectivity index (χ0n) is 20.1. The Morgan fingerprint density at radius 2 is 1.43 bits per heavy atom. The Morgan fingerprint density at radius 1 is 0.892 bits per heavy atom. The summed E-state index contributed by atoms with van der Waals surface area (Å²) < 4.78 is 0. The van der Waals surface area contributed by atoms with Crippen LogP contribution in [-0.2, 0) is 35.2 Å². The summed E-state index contributed by atoms with van der Waals surface area (Å²) in [6.07, 6.45) is 3.15. The molecule has 16 heteroatoms. The van der Waals surface area contributed by atoms with Gasteiger partial charge in [-0.2, -0.15) is 11.8 Å². The molecule has 0 aliphatic rings. The fraction of sp³-hybridized carbons (Fsp3) is 0.571. The first-order valence-corrected chi connectivity index (χ1v) is 12.6. The molecule has 37 heavy (non-hydrogen) atoms. The summed E-state index contributed by atoms with van der Waals surface area (Å²) in [6.45, 7) is 0. The molecule has 15 nitrogen and oxygen atoms in total. The lowest BCUT2D eigenvalue weighted by molar-refractivity contribution is -0.142. The van der Waals surface area contributed by atoms with Crippen LogP contribution in [0.25, 0.3) is 0 Å². The number of aromatic amines is 1. The van der Waals surface area contributed by atoms with Crippen molar-refractivity contribution in [1.82, 2.24) is 25.9 Å². The summed E-state index contributed by atoms with van der Waals surface area (Å²) in [4.78, 5) is 78.2. The first-order valence-electron chi connectivity index (χ1n) is 11.2. The number of carbonyl (C=O) groups excluding carboxylic acids is 3. The van der Waals surface area contributed by atoms with Gasteiger partial charge >= 0.3 is 17.9 Å². The molecule has 1 aromatic heterocycles. The van der Waals surface area contributed by atoms with E-state index in [-0.39, 0.29) is 32.1 Å². The van der Waals surface area contributed by atoms with Crippen molar-refractivity contribution in [2.24, 2.45) is 5.73 Å². The summed E-state index contributed by atoms with van der Waals surface area (Å²) in [6, 6.07) is -5.15. The normalized spacial score (nSPS) is 14.0. The average molecular weight is 545 g/mol. The van der Waals surface area contributed by atoms with Crippen LogP contribution >= 0.6 is 11.8 Å². The van der Waals surface area contributed by atoms with Gasteiger partial charge in [-0.3, -0.25) is 24.0 Å². The number of nitrogens with one attached hydrogen (secondary N) is 4. The lowest BCUT2D eigenvalue weighted by Crippen LogP contribution is -2.57. The fourth-order valence-electron chi connectivity index (χ4n) is 3.09. The quantitative estimate of drug-likeness (QED) is 0.103. The number of aromatic nitrogens is 2. The molecule has 0 fully saturated rings. The Kier molecular flexibility index (Phi) is 13.7. The van der Waals surface area contributed by atoms with Crippen LogP contribution < -0.4 is 21.7 Å². The van der Waals surface area contributed by atoms with E-state index in [1.54, 1.807) is 6.26 Å². The van der Waals surface area contributed by atoms with Gasteiger partial charge in [0.25, 0.3) is 0 Å². The summed E-state index contributed by atoms with van der Waals surface area (Å²) in [5.41, 5.74) is 6.14. The lowest BCUT2D eigenvalue weighted by atomic mass is 10.1. The predicted molar refractivity (Wildman–Crippen MR) is 130 cm³/mol. The number of H-pyrrole nitrogens is 1. The minimum atomic E-state index is -1.38. The van der Waals surface area contributed by atoms with Crippen molar-refractivity contribution in [2.75, 3.05) is 12.0 Å². The molecule has 9 N–H and O–H groups in total. The van der Waals surface area contributed by atoms with E-state index in [2.05, 4.69) is 25.9 Å². The number of hydrogen-bond donors (Lipinski definition) is 8.